The first-order valence-electron chi connectivity index (χ1n) is 6.75. The Morgan fingerprint density at radius 1 is 1.24 bits per heavy atom. The fourth-order valence-corrected chi connectivity index (χ4v) is 2.95. The summed E-state index contributed by atoms with van der Waals surface area (Å²) in [7, 11) is 1.67. The molecule has 0 aliphatic heterocycles. The van der Waals surface area contributed by atoms with E-state index in [-0.39, 0.29) is 0 Å². The Hall–Kier alpha value is -1.85. The molecule has 0 amide bonds. The van der Waals surface area contributed by atoms with E-state index in [4.69, 9.17) is 15.5 Å². The van der Waals surface area contributed by atoms with Gasteiger partial charge < -0.3 is 14.9 Å². The molecule has 1 aromatic carbocycles. The highest BCUT2D eigenvalue weighted by molar-refractivity contribution is 9.10. The van der Waals surface area contributed by atoms with E-state index in [0.29, 0.717) is 6.54 Å². The van der Waals surface area contributed by atoms with Crippen LogP contribution >= 0.6 is 15.9 Å². The van der Waals surface area contributed by atoms with Crippen molar-refractivity contribution in [2.24, 2.45) is 5.73 Å². The van der Waals surface area contributed by atoms with Crippen molar-refractivity contribution in [3.05, 3.63) is 52.8 Å². The van der Waals surface area contributed by atoms with Crippen LogP contribution in [-0.2, 0) is 6.42 Å². The van der Waals surface area contributed by atoms with Gasteiger partial charge >= 0.3 is 0 Å². The van der Waals surface area contributed by atoms with E-state index in [1.807, 2.05) is 42.6 Å². The minimum atomic E-state index is 0.572. The number of halogens is 1. The zero-order chi connectivity index (χ0) is 14.8. The van der Waals surface area contributed by atoms with Crippen LogP contribution in [0, 0.1) is 0 Å². The monoisotopic (exact) mass is 345 g/mol. The summed E-state index contributed by atoms with van der Waals surface area (Å²) in [5.74, 6) is 0.815. The quantitative estimate of drug-likeness (QED) is 0.789. The number of hydrogen-bond acceptors (Lipinski definition) is 3. The second-order valence-corrected chi connectivity index (χ2v) is 5.55. The minimum Gasteiger partial charge on any atom is -0.496 e. The van der Waals surface area contributed by atoms with E-state index in [2.05, 4.69) is 20.3 Å². The third kappa shape index (κ3) is 2.43. The van der Waals surface area contributed by atoms with Crippen molar-refractivity contribution < 1.29 is 4.74 Å². The Morgan fingerprint density at radius 3 is 2.81 bits per heavy atom. The number of rotatable bonds is 4. The Kier molecular flexibility index (Phi) is 3.94. The predicted molar refractivity (Wildman–Crippen MR) is 87.6 cm³/mol. The molecule has 0 saturated carbocycles. The molecular formula is C16H16BrN3O. The molecule has 4 nitrogen and oxygen atoms in total. The van der Waals surface area contributed by atoms with Crippen molar-refractivity contribution in [2.45, 2.75) is 6.42 Å². The molecule has 0 spiro atoms. The van der Waals surface area contributed by atoms with E-state index < -0.39 is 0 Å². The summed E-state index contributed by atoms with van der Waals surface area (Å²) in [5.41, 5.74) is 9.67. The van der Waals surface area contributed by atoms with Gasteiger partial charge in [0.1, 0.15) is 5.75 Å². The van der Waals surface area contributed by atoms with Crippen LogP contribution in [0.2, 0.25) is 0 Å². The largest absolute Gasteiger partial charge is 0.496 e. The van der Waals surface area contributed by atoms with Crippen LogP contribution in [0.1, 0.15) is 5.69 Å². The first kappa shape index (κ1) is 14.1. The molecule has 0 radical (unpaired) electrons. The molecule has 0 unspecified atom stereocenters. The summed E-state index contributed by atoms with van der Waals surface area (Å²) < 4.78 is 8.51. The van der Waals surface area contributed by atoms with Crippen LogP contribution in [0.15, 0.2) is 47.1 Å². The normalized spacial score (nSPS) is 11.0. The summed E-state index contributed by atoms with van der Waals surface area (Å²) in [6.45, 7) is 0.572. The highest BCUT2D eigenvalue weighted by Crippen LogP contribution is 2.33. The van der Waals surface area contributed by atoms with Gasteiger partial charge in [-0.1, -0.05) is 12.1 Å². The lowest BCUT2D eigenvalue weighted by Gasteiger charge is -2.08. The summed E-state index contributed by atoms with van der Waals surface area (Å²) in [4.78, 5) is 4.79. The first-order valence-corrected chi connectivity index (χ1v) is 7.54. The molecule has 3 aromatic rings. The zero-order valence-electron chi connectivity index (χ0n) is 11.7. The van der Waals surface area contributed by atoms with Gasteiger partial charge in [0.15, 0.2) is 5.65 Å². The number of ether oxygens (including phenoxy) is 1. The van der Waals surface area contributed by atoms with Gasteiger partial charge in [-0.15, -0.1) is 0 Å². The first-order chi connectivity index (χ1) is 10.3. The number of hydrogen-bond donors (Lipinski definition) is 1. The minimum absolute atomic E-state index is 0.572. The second-order valence-electron chi connectivity index (χ2n) is 4.70. The smallest absolute Gasteiger partial charge is 0.152 e. The van der Waals surface area contributed by atoms with Gasteiger partial charge in [-0.2, -0.15) is 0 Å². The molecule has 3 rings (SSSR count). The number of benzene rings is 1. The highest BCUT2D eigenvalue weighted by Gasteiger charge is 2.17. The van der Waals surface area contributed by atoms with Crippen molar-refractivity contribution in [1.82, 2.24) is 9.38 Å². The van der Waals surface area contributed by atoms with Crippen LogP contribution in [0.4, 0.5) is 0 Å². The standard InChI is InChI=1S/C16H16BrN3O/c1-21-14-7-3-2-5-11(14)15-13(8-9-18)20-10-4-6-12(17)16(20)19-15/h2-7,10H,8-9,18H2,1H3. The number of fused-ring (bicyclic) bond motifs is 1. The van der Waals surface area contributed by atoms with Crippen LogP contribution < -0.4 is 10.5 Å². The van der Waals surface area contributed by atoms with Gasteiger partial charge in [0.25, 0.3) is 0 Å². The summed E-state index contributed by atoms with van der Waals surface area (Å²) in [6, 6.07) is 11.9. The third-order valence-electron chi connectivity index (χ3n) is 3.44. The number of imidazole rings is 1. The highest BCUT2D eigenvalue weighted by atomic mass is 79.9. The van der Waals surface area contributed by atoms with Crippen LogP contribution in [0.5, 0.6) is 5.75 Å². The fraction of sp³-hybridized carbons (Fsp3) is 0.188. The number of methoxy groups -OCH3 is 1. The number of nitrogens with two attached hydrogens (primary N) is 1. The van der Waals surface area contributed by atoms with Crippen LogP contribution in [-0.4, -0.2) is 23.0 Å². The molecule has 0 saturated heterocycles. The van der Waals surface area contributed by atoms with Gasteiger partial charge in [0.2, 0.25) is 0 Å². The van der Waals surface area contributed by atoms with Crippen LogP contribution in [0.25, 0.3) is 16.9 Å². The van der Waals surface area contributed by atoms with Crippen molar-refractivity contribution in [3.8, 4) is 17.0 Å². The summed E-state index contributed by atoms with van der Waals surface area (Å²) in [5, 5.41) is 0. The topological polar surface area (TPSA) is 52.5 Å². The summed E-state index contributed by atoms with van der Waals surface area (Å²) in [6.07, 6.45) is 2.77. The van der Waals surface area contributed by atoms with Crippen molar-refractivity contribution in [3.63, 3.8) is 0 Å². The van der Waals surface area contributed by atoms with Crippen molar-refractivity contribution >= 4 is 21.6 Å². The Labute approximate surface area is 131 Å². The summed E-state index contributed by atoms with van der Waals surface area (Å²) >= 11 is 3.56. The van der Waals surface area contributed by atoms with Crippen molar-refractivity contribution in [1.29, 1.82) is 0 Å². The lowest BCUT2D eigenvalue weighted by Crippen LogP contribution is -2.06. The maximum Gasteiger partial charge on any atom is 0.152 e. The molecule has 2 heterocycles. The lowest BCUT2D eigenvalue weighted by atomic mass is 10.1. The molecule has 0 aliphatic rings. The van der Waals surface area contributed by atoms with E-state index >= 15 is 0 Å². The van der Waals surface area contributed by atoms with Gasteiger partial charge in [-0.25, -0.2) is 4.98 Å². The number of pyridine rings is 1. The van der Waals surface area contributed by atoms with Gasteiger partial charge in [-0.3, -0.25) is 0 Å². The molecule has 108 valence electrons. The van der Waals surface area contributed by atoms with Gasteiger partial charge in [0.05, 0.1) is 23.0 Å². The maximum atomic E-state index is 5.78. The van der Waals surface area contributed by atoms with Crippen LogP contribution in [0.3, 0.4) is 0 Å². The molecule has 0 fully saturated rings. The fourth-order valence-electron chi connectivity index (χ4n) is 2.51. The second kappa shape index (κ2) is 5.87. The molecule has 0 bridgehead atoms. The lowest BCUT2D eigenvalue weighted by molar-refractivity contribution is 0.416. The third-order valence-corrected chi connectivity index (χ3v) is 4.06. The average molecular weight is 346 g/mol. The molecule has 2 N–H and O–H groups in total. The molecular weight excluding hydrogens is 330 g/mol. The maximum absolute atomic E-state index is 5.78. The molecule has 5 heteroatoms. The number of para-hydroxylation sites is 1. The Bertz CT molecular complexity index is 782. The predicted octanol–water partition coefficient (Wildman–Crippen LogP) is 3.27. The van der Waals surface area contributed by atoms with Crippen molar-refractivity contribution in [2.75, 3.05) is 13.7 Å². The molecule has 21 heavy (non-hydrogen) atoms. The molecule has 0 atom stereocenters. The SMILES string of the molecule is COc1ccccc1-c1nc2c(Br)cccn2c1CCN. The Morgan fingerprint density at radius 2 is 2.05 bits per heavy atom. The Balaban J connectivity index is 2.31. The average Bonchev–Trinajstić information content (AvgIpc) is 2.88. The zero-order valence-corrected chi connectivity index (χ0v) is 13.3. The van der Waals surface area contributed by atoms with E-state index in [0.717, 1.165) is 39.2 Å². The van der Waals surface area contributed by atoms with E-state index in [9.17, 15) is 0 Å². The molecule has 2 aromatic heterocycles. The molecule has 0 aliphatic carbocycles. The number of aromatic nitrogens is 2. The van der Waals surface area contributed by atoms with Gasteiger partial charge in [-0.05, 0) is 46.7 Å². The van der Waals surface area contributed by atoms with E-state index in [1.165, 1.54) is 0 Å². The number of nitrogens with zero attached hydrogens (tertiary/aromatic N) is 2. The van der Waals surface area contributed by atoms with Gasteiger partial charge in [0, 0.05) is 18.2 Å². The van der Waals surface area contributed by atoms with E-state index in [1.54, 1.807) is 7.11 Å².